The van der Waals surface area contributed by atoms with Gasteiger partial charge in [-0.2, -0.15) is 0 Å². The number of nitrogens with zero attached hydrogens (tertiary/aromatic N) is 2. The van der Waals surface area contributed by atoms with Crippen LogP contribution >= 0.6 is 0 Å². The molecule has 1 aromatic heterocycles. The van der Waals surface area contributed by atoms with Crippen molar-refractivity contribution in [1.29, 1.82) is 0 Å². The highest BCUT2D eigenvalue weighted by Crippen LogP contribution is 2.20. The van der Waals surface area contributed by atoms with Gasteiger partial charge in [-0.05, 0) is 39.0 Å². The molecule has 0 unspecified atom stereocenters. The van der Waals surface area contributed by atoms with Gasteiger partial charge in [0.05, 0.1) is 12.0 Å². The lowest BCUT2D eigenvalue weighted by Crippen LogP contribution is -2.08. The lowest BCUT2D eigenvalue weighted by Gasteiger charge is -2.13. The van der Waals surface area contributed by atoms with Crippen molar-refractivity contribution in [2.24, 2.45) is 0 Å². The van der Waals surface area contributed by atoms with Crippen LogP contribution in [0.5, 0.6) is 0 Å². The maximum atomic E-state index is 4.47. The third kappa shape index (κ3) is 1.89. The number of hydrogen-bond donors (Lipinski definition) is 0. The molecule has 0 fully saturated rings. The number of rotatable bonds is 3. The van der Waals surface area contributed by atoms with Crippen LogP contribution in [0, 0.1) is 0 Å². The first-order chi connectivity index (χ1) is 6.77. The van der Waals surface area contributed by atoms with E-state index in [1.165, 1.54) is 42.6 Å². The minimum Gasteiger partial charge on any atom is -0.334 e. The zero-order valence-corrected chi connectivity index (χ0v) is 8.92. The maximum absolute atomic E-state index is 4.47. The summed E-state index contributed by atoms with van der Waals surface area (Å²) in [7, 11) is 0. The minimum absolute atomic E-state index is 1.05. The largest absolute Gasteiger partial charge is 0.334 e. The standard InChI is InChI=1S/C12H18N2/c1-10(2)7-8-14-9-13-11-5-3-4-6-12(11)14/h9H,1,3-8H2,2H3. The van der Waals surface area contributed by atoms with Crippen molar-refractivity contribution in [3.05, 3.63) is 29.9 Å². The van der Waals surface area contributed by atoms with E-state index in [1.807, 2.05) is 6.33 Å². The molecular formula is C12H18N2. The molecule has 0 bridgehead atoms. The van der Waals surface area contributed by atoms with E-state index >= 15 is 0 Å². The van der Waals surface area contributed by atoms with Gasteiger partial charge < -0.3 is 4.57 Å². The summed E-state index contributed by atoms with van der Waals surface area (Å²) >= 11 is 0. The summed E-state index contributed by atoms with van der Waals surface area (Å²) in [6.45, 7) is 7.07. The summed E-state index contributed by atoms with van der Waals surface area (Å²) in [5, 5.41) is 0. The van der Waals surface area contributed by atoms with E-state index in [0.717, 1.165) is 13.0 Å². The Morgan fingerprint density at radius 2 is 2.29 bits per heavy atom. The number of aromatic nitrogens is 2. The summed E-state index contributed by atoms with van der Waals surface area (Å²) in [6.07, 6.45) is 8.10. The second-order valence-electron chi connectivity index (χ2n) is 4.25. The van der Waals surface area contributed by atoms with Crippen LogP contribution in [0.15, 0.2) is 18.5 Å². The van der Waals surface area contributed by atoms with E-state index in [9.17, 15) is 0 Å². The van der Waals surface area contributed by atoms with E-state index in [4.69, 9.17) is 0 Å². The number of allylic oxidation sites excluding steroid dienone is 1. The number of fused-ring (bicyclic) bond motifs is 1. The van der Waals surface area contributed by atoms with E-state index in [2.05, 4.69) is 23.1 Å². The SMILES string of the molecule is C=C(C)CCn1cnc2c1CCCC2. The van der Waals surface area contributed by atoms with E-state index in [-0.39, 0.29) is 0 Å². The van der Waals surface area contributed by atoms with Crippen LogP contribution < -0.4 is 0 Å². The van der Waals surface area contributed by atoms with Gasteiger partial charge in [-0.25, -0.2) is 4.98 Å². The van der Waals surface area contributed by atoms with Crippen LogP contribution in [-0.2, 0) is 19.4 Å². The molecule has 2 rings (SSSR count). The molecule has 0 atom stereocenters. The van der Waals surface area contributed by atoms with Crippen molar-refractivity contribution in [1.82, 2.24) is 9.55 Å². The number of hydrogen-bond acceptors (Lipinski definition) is 1. The van der Waals surface area contributed by atoms with Crippen LogP contribution in [0.4, 0.5) is 0 Å². The van der Waals surface area contributed by atoms with Crippen molar-refractivity contribution < 1.29 is 0 Å². The van der Waals surface area contributed by atoms with Crippen LogP contribution in [0.1, 0.15) is 37.6 Å². The van der Waals surface area contributed by atoms with Crippen LogP contribution in [0.3, 0.4) is 0 Å². The van der Waals surface area contributed by atoms with Gasteiger partial charge in [-0.1, -0.05) is 5.57 Å². The van der Waals surface area contributed by atoms with Crippen LogP contribution in [0.25, 0.3) is 0 Å². The van der Waals surface area contributed by atoms with Crippen molar-refractivity contribution in [3.63, 3.8) is 0 Å². The van der Waals surface area contributed by atoms with Gasteiger partial charge >= 0.3 is 0 Å². The molecule has 2 nitrogen and oxygen atoms in total. The van der Waals surface area contributed by atoms with Gasteiger partial charge in [0.25, 0.3) is 0 Å². The summed E-state index contributed by atoms with van der Waals surface area (Å²) in [4.78, 5) is 4.47. The fourth-order valence-corrected chi connectivity index (χ4v) is 2.03. The van der Waals surface area contributed by atoms with Crippen molar-refractivity contribution in [2.45, 2.75) is 45.6 Å². The monoisotopic (exact) mass is 190 g/mol. The molecule has 0 N–H and O–H groups in total. The molecule has 14 heavy (non-hydrogen) atoms. The van der Waals surface area contributed by atoms with Gasteiger partial charge in [0, 0.05) is 12.2 Å². The lowest BCUT2D eigenvalue weighted by atomic mass is 10.0. The average Bonchev–Trinajstić information content (AvgIpc) is 2.58. The molecule has 0 aromatic carbocycles. The Balaban J connectivity index is 2.10. The van der Waals surface area contributed by atoms with Gasteiger partial charge in [-0.3, -0.25) is 0 Å². The smallest absolute Gasteiger partial charge is 0.0951 e. The molecule has 0 spiro atoms. The second kappa shape index (κ2) is 3.99. The van der Waals surface area contributed by atoms with Gasteiger partial charge in [-0.15, -0.1) is 6.58 Å². The van der Waals surface area contributed by atoms with Crippen molar-refractivity contribution in [2.75, 3.05) is 0 Å². The molecule has 0 saturated heterocycles. The Morgan fingerprint density at radius 3 is 3.07 bits per heavy atom. The molecule has 1 aliphatic rings. The predicted molar refractivity (Wildman–Crippen MR) is 58.3 cm³/mol. The average molecular weight is 190 g/mol. The lowest BCUT2D eigenvalue weighted by molar-refractivity contribution is 0.602. The van der Waals surface area contributed by atoms with Crippen molar-refractivity contribution in [3.8, 4) is 0 Å². The van der Waals surface area contributed by atoms with E-state index in [0.29, 0.717) is 0 Å². The highest BCUT2D eigenvalue weighted by atomic mass is 15.1. The number of imidazole rings is 1. The molecule has 0 amide bonds. The zero-order chi connectivity index (χ0) is 9.97. The Labute approximate surface area is 85.7 Å². The first kappa shape index (κ1) is 9.50. The summed E-state index contributed by atoms with van der Waals surface area (Å²) in [5.41, 5.74) is 4.05. The highest BCUT2D eigenvalue weighted by molar-refractivity contribution is 5.16. The first-order valence-corrected chi connectivity index (χ1v) is 5.44. The molecule has 0 saturated carbocycles. The highest BCUT2D eigenvalue weighted by Gasteiger charge is 2.14. The summed E-state index contributed by atoms with van der Waals surface area (Å²) < 4.78 is 2.31. The molecule has 1 aromatic rings. The zero-order valence-electron chi connectivity index (χ0n) is 8.92. The third-order valence-electron chi connectivity index (χ3n) is 2.89. The van der Waals surface area contributed by atoms with Crippen molar-refractivity contribution >= 4 is 0 Å². The Kier molecular flexibility index (Phi) is 2.71. The van der Waals surface area contributed by atoms with Gasteiger partial charge in [0.2, 0.25) is 0 Å². The topological polar surface area (TPSA) is 17.8 Å². The normalized spacial score (nSPS) is 15.2. The molecule has 1 aliphatic carbocycles. The third-order valence-corrected chi connectivity index (χ3v) is 2.89. The fraction of sp³-hybridized carbons (Fsp3) is 0.583. The van der Waals surface area contributed by atoms with E-state index < -0.39 is 0 Å². The minimum atomic E-state index is 1.05. The molecule has 0 radical (unpaired) electrons. The molecule has 76 valence electrons. The Hall–Kier alpha value is -1.05. The second-order valence-corrected chi connectivity index (χ2v) is 4.25. The number of aryl methyl sites for hydroxylation is 2. The van der Waals surface area contributed by atoms with Crippen LogP contribution in [-0.4, -0.2) is 9.55 Å². The quantitative estimate of drug-likeness (QED) is 0.670. The molecule has 2 heteroatoms. The summed E-state index contributed by atoms with van der Waals surface area (Å²) in [6, 6.07) is 0. The predicted octanol–water partition coefficient (Wildman–Crippen LogP) is 2.73. The molecule has 0 aliphatic heterocycles. The van der Waals surface area contributed by atoms with E-state index in [1.54, 1.807) is 0 Å². The molecule has 1 heterocycles. The van der Waals surface area contributed by atoms with Crippen LogP contribution in [0.2, 0.25) is 0 Å². The summed E-state index contributed by atoms with van der Waals surface area (Å²) in [5.74, 6) is 0. The molecular weight excluding hydrogens is 172 g/mol. The first-order valence-electron chi connectivity index (χ1n) is 5.44. The Bertz CT molecular complexity index is 336. The fourth-order valence-electron chi connectivity index (χ4n) is 2.03. The van der Waals surface area contributed by atoms with Gasteiger partial charge in [0.15, 0.2) is 0 Å². The van der Waals surface area contributed by atoms with Gasteiger partial charge in [0.1, 0.15) is 0 Å². The Morgan fingerprint density at radius 1 is 1.50 bits per heavy atom. The maximum Gasteiger partial charge on any atom is 0.0951 e.